The fourth-order valence-electron chi connectivity index (χ4n) is 6.13. The first kappa shape index (κ1) is 27.1. The van der Waals surface area contributed by atoms with Gasteiger partial charge in [0, 0.05) is 18.2 Å². The van der Waals surface area contributed by atoms with Crippen LogP contribution in [0.1, 0.15) is 60.2 Å². The van der Waals surface area contributed by atoms with Gasteiger partial charge in [0.25, 0.3) is 0 Å². The van der Waals surface area contributed by atoms with Crippen LogP contribution in [-0.4, -0.2) is 41.4 Å². The van der Waals surface area contributed by atoms with Crippen molar-refractivity contribution in [2.75, 3.05) is 18.6 Å². The number of alkyl halides is 1. The normalized spacial score (nSPS) is 22.9. The lowest BCUT2D eigenvalue weighted by Gasteiger charge is -2.39. The largest absolute Gasteiger partial charge is 0.465 e. The molecule has 2 aliphatic carbocycles. The number of hydrogen-bond acceptors (Lipinski definition) is 8. The molecule has 2 aromatic heterocycles. The van der Waals surface area contributed by atoms with E-state index in [0.717, 1.165) is 31.7 Å². The minimum absolute atomic E-state index is 0.122. The highest BCUT2D eigenvalue weighted by molar-refractivity contribution is 7.22. The highest BCUT2D eigenvalue weighted by atomic mass is 35.5. The van der Waals surface area contributed by atoms with Crippen molar-refractivity contribution >= 4 is 55.9 Å². The van der Waals surface area contributed by atoms with Gasteiger partial charge in [-0.25, -0.2) is 18.6 Å². The van der Waals surface area contributed by atoms with Gasteiger partial charge in [0.05, 0.1) is 45.2 Å². The summed E-state index contributed by atoms with van der Waals surface area (Å²) in [6.07, 6.45) is 3.91. The van der Waals surface area contributed by atoms with E-state index in [1.54, 1.807) is 24.3 Å². The first-order valence-electron chi connectivity index (χ1n) is 13.4. The van der Waals surface area contributed by atoms with Gasteiger partial charge in [-0.05, 0) is 62.8 Å². The van der Waals surface area contributed by atoms with E-state index < -0.39 is 23.1 Å². The van der Waals surface area contributed by atoms with Gasteiger partial charge < -0.3 is 18.9 Å². The number of rotatable bonds is 7. The SMILES string of the molecule is COC(=O)c1cc(F)c2nc(N3CCC4(OCc5c(-c6c(Cl)cccc6Cl)noc5C5(F)CC5)CC[C@H]3C4)sc2c1. The lowest BCUT2D eigenvalue weighted by atomic mass is 9.93. The number of carbonyl (C=O) groups is 1. The highest BCUT2D eigenvalue weighted by Gasteiger charge is 2.52. The summed E-state index contributed by atoms with van der Waals surface area (Å²) in [7, 11) is 1.27. The molecule has 0 radical (unpaired) electrons. The highest BCUT2D eigenvalue weighted by Crippen LogP contribution is 2.53. The minimum atomic E-state index is -1.55. The Bertz CT molecular complexity index is 1670. The van der Waals surface area contributed by atoms with E-state index in [0.29, 0.717) is 56.1 Å². The molecule has 3 heterocycles. The van der Waals surface area contributed by atoms with Gasteiger partial charge in [-0.2, -0.15) is 0 Å². The third-order valence-corrected chi connectivity index (χ3v) is 10.2. The number of thiazole rings is 1. The number of methoxy groups -OCH3 is 1. The minimum Gasteiger partial charge on any atom is -0.465 e. The zero-order chi connectivity index (χ0) is 28.5. The summed E-state index contributed by atoms with van der Waals surface area (Å²) < 4.78 is 47.6. The lowest BCUT2D eigenvalue weighted by molar-refractivity contribution is -0.0628. The Morgan fingerprint density at radius 1 is 1.22 bits per heavy atom. The molecule has 0 N–H and O–H groups in total. The number of hydrogen-bond donors (Lipinski definition) is 0. The standard InChI is InChI=1S/C29H25Cl2F2N3O4S/c1-38-26(37)15-11-20(32)24-21(12-15)41-27(34-24)36-10-9-28(6-5-16(36)13-28)39-14-17-23(22-18(30)3-2-4-19(22)31)35-40-25(17)29(33)7-8-29/h2-4,11-12,16H,5-10,13-14H2,1H3/t16-,28?/m0/s1. The molecule has 0 spiro atoms. The summed E-state index contributed by atoms with van der Waals surface area (Å²) in [5.74, 6) is -0.950. The number of nitrogens with zero attached hydrogens (tertiary/aromatic N) is 3. The zero-order valence-corrected chi connectivity index (χ0v) is 24.3. The molecule has 2 atom stereocenters. The Balaban J connectivity index is 1.13. The molecule has 1 saturated heterocycles. The second-order valence-electron chi connectivity index (χ2n) is 11.0. The molecule has 2 bridgehead atoms. The van der Waals surface area contributed by atoms with E-state index in [4.69, 9.17) is 37.2 Å². The molecule has 3 aliphatic rings. The summed E-state index contributed by atoms with van der Waals surface area (Å²) in [5.41, 5.74) is -0.0873. The molecule has 4 aromatic rings. The number of carbonyl (C=O) groups excluding carboxylic acids is 1. The van der Waals surface area contributed by atoms with Crippen LogP contribution in [0.2, 0.25) is 10.0 Å². The second kappa shape index (κ2) is 9.90. The lowest BCUT2D eigenvalue weighted by Crippen LogP contribution is -2.45. The topological polar surface area (TPSA) is 77.7 Å². The number of halogens is 4. The molecule has 0 amide bonds. The van der Waals surface area contributed by atoms with E-state index in [9.17, 15) is 9.18 Å². The van der Waals surface area contributed by atoms with Crippen LogP contribution in [0.25, 0.3) is 21.5 Å². The smallest absolute Gasteiger partial charge is 0.338 e. The molecule has 2 aromatic carbocycles. The van der Waals surface area contributed by atoms with Crippen molar-refractivity contribution in [2.45, 2.75) is 62.4 Å². The van der Waals surface area contributed by atoms with Gasteiger partial charge in [-0.3, -0.25) is 0 Å². The summed E-state index contributed by atoms with van der Waals surface area (Å²) in [4.78, 5) is 18.7. The van der Waals surface area contributed by atoms with Gasteiger partial charge in [0.1, 0.15) is 11.2 Å². The van der Waals surface area contributed by atoms with Gasteiger partial charge in [0.2, 0.25) is 0 Å². The molecule has 7 rings (SSSR count). The molecule has 7 nitrogen and oxygen atoms in total. The van der Waals surface area contributed by atoms with Crippen LogP contribution in [-0.2, 0) is 21.7 Å². The van der Waals surface area contributed by atoms with Crippen molar-refractivity contribution in [1.82, 2.24) is 10.1 Å². The molecular formula is C29H25Cl2F2N3O4S. The van der Waals surface area contributed by atoms with E-state index in [1.165, 1.54) is 18.4 Å². The number of esters is 1. The first-order chi connectivity index (χ1) is 19.7. The van der Waals surface area contributed by atoms with Crippen molar-refractivity contribution in [3.8, 4) is 11.3 Å². The maximum absolute atomic E-state index is 15.3. The third kappa shape index (κ3) is 4.59. The van der Waals surface area contributed by atoms with Gasteiger partial charge >= 0.3 is 5.97 Å². The van der Waals surface area contributed by atoms with E-state index in [1.807, 2.05) is 0 Å². The van der Waals surface area contributed by atoms with Crippen LogP contribution in [0.5, 0.6) is 0 Å². The molecule has 2 saturated carbocycles. The fourth-order valence-corrected chi connectivity index (χ4v) is 7.82. The Morgan fingerprint density at radius 3 is 2.73 bits per heavy atom. The van der Waals surface area contributed by atoms with Gasteiger partial charge in [-0.1, -0.05) is 45.8 Å². The number of benzene rings is 2. The summed E-state index contributed by atoms with van der Waals surface area (Å²) >= 11 is 14.3. The van der Waals surface area contributed by atoms with E-state index >= 15 is 4.39 Å². The molecule has 3 fully saturated rings. The Hall–Kier alpha value is -2.79. The Morgan fingerprint density at radius 2 is 2.00 bits per heavy atom. The van der Waals surface area contributed by atoms with Crippen molar-refractivity contribution in [1.29, 1.82) is 0 Å². The van der Waals surface area contributed by atoms with Crippen molar-refractivity contribution < 1.29 is 27.6 Å². The van der Waals surface area contributed by atoms with E-state index in [-0.39, 0.29) is 29.5 Å². The zero-order valence-electron chi connectivity index (χ0n) is 22.0. The maximum atomic E-state index is 15.3. The molecule has 41 heavy (non-hydrogen) atoms. The van der Waals surface area contributed by atoms with Gasteiger partial charge in [0.15, 0.2) is 22.4 Å². The van der Waals surface area contributed by atoms with Gasteiger partial charge in [-0.15, -0.1) is 0 Å². The molecule has 1 unspecified atom stereocenters. The monoisotopic (exact) mass is 619 g/mol. The number of fused-ring (bicyclic) bond motifs is 3. The van der Waals surface area contributed by atoms with Crippen LogP contribution in [0.15, 0.2) is 34.9 Å². The predicted octanol–water partition coefficient (Wildman–Crippen LogP) is 7.86. The number of piperidine rings is 1. The molecule has 12 heteroatoms. The van der Waals surface area contributed by atoms with Crippen LogP contribution >= 0.6 is 34.5 Å². The maximum Gasteiger partial charge on any atom is 0.338 e. The van der Waals surface area contributed by atoms with Crippen molar-refractivity contribution in [2.24, 2.45) is 0 Å². The summed E-state index contributed by atoms with van der Waals surface area (Å²) in [6.45, 7) is 0.791. The first-order valence-corrected chi connectivity index (χ1v) is 15.0. The van der Waals surface area contributed by atoms with Crippen LogP contribution < -0.4 is 4.90 Å². The number of aromatic nitrogens is 2. The molecular weight excluding hydrogens is 595 g/mol. The average Bonchev–Trinajstić information content (AvgIpc) is 3.28. The van der Waals surface area contributed by atoms with Crippen molar-refractivity contribution in [3.05, 3.63) is 63.1 Å². The van der Waals surface area contributed by atoms with Crippen molar-refractivity contribution in [3.63, 3.8) is 0 Å². The number of anilines is 1. The van der Waals surface area contributed by atoms with Crippen LogP contribution in [0, 0.1) is 5.82 Å². The fraction of sp³-hybridized carbons (Fsp3) is 0.414. The van der Waals surface area contributed by atoms with Crippen LogP contribution in [0.3, 0.4) is 0 Å². The second-order valence-corrected chi connectivity index (χ2v) is 12.8. The Labute approximate surface area is 248 Å². The molecule has 1 aliphatic heterocycles. The third-order valence-electron chi connectivity index (χ3n) is 8.50. The van der Waals surface area contributed by atoms with E-state index in [2.05, 4.69) is 15.0 Å². The predicted molar refractivity (Wildman–Crippen MR) is 152 cm³/mol. The summed E-state index contributed by atoms with van der Waals surface area (Å²) in [6, 6.07) is 8.10. The number of ether oxygens (including phenoxy) is 2. The van der Waals surface area contributed by atoms with Crippen LogP contribution in [0.4, 0.5) is 13.9 Å². The average molecular weight is 621 g/mol. The quantitative estimate of drug-likeness (QED) is 0.195. The summed E-state index contributed by atoms with van der Waals surface area (Å²) in [5, 5.41) is 5.72. The Kier molecular flexibility index (Phi) is 6.53. The molecule has 214 valence electrons.